The van der Waals surface area contributed by atoms with Crippen LogP contribution in [0.3, 0.4) is 0 Å². The fourth-order valence-electron chi connectivity index (χ4n) is 3.34. The first kappa shape index (κ1) is 19.4. The zero-order valence-electron chi connectivity index (χ0n) is 15.2. The van der Waals surface area contributed by atoms with Crippen molar-refractivity contribution in [2.24, 2.45) is 5.11 Å². The summed E-state index contributed by atoms with van der Waals surface area (Å²) in [6, 6.07) is 9.77. The van der Waals surface area contributed by atoms with E-state index < -0.39 is 37.5 Å². The van der Waals surface area contributed by atoms with Gasteiger partial charge >= 0.3 is 13.5 Å². The van der Waals surface area contributed by atoms with Gasteiger partial charge in [0.2, 0.25) is 0 Å². The molecule has 4 rings (SSSR count). The number of phosphoric ester groups is 1. The molecule has 2 aliphatic rings. The van der Waals surface area contributed by atoms with Crippen LogP contribution in [0, 0.1) is 0 Å². The zero-order valence-corrected chi connectivity index (χ0v) is 16.1. The van der Waals surface area contributed by atoms with Crippen LogP contribution in [0.2, 0.25) is 0 Å². The van der Waals surface area contributed by atoms with Gasteiger partial charge in [0.15, 0.2) is 6.23 Å². The van der Waals surface area contributed by atoms with Gasteiger partial charge in [-0.2, -0.15) is 4.98 Å². The first-order chi connectivity index (χ1) is 13.8. The van der Waals surface area contributed by atoms with E-state index in [1.807, 2.05) is 0 Å². The lowest BCUT2D eigenvalue weighted by Gasteiger charge is -2.35. The minimum absolute atomic E-state index is 0.0347. The third-order valence-corrected chi connectivity index (χ3v) is 6.07. The van der Waals surface area contributed by atoms with E-state index in [0.29, 0.717) is 0 Å². The van der Waals surface area contributed by atoms with Crippen LogP contribution in [0.15, 0.2) is 52.5 Å². The number of benzene rings is 1. The molecule has 0 amide bonds. The number of azide groups is 1. The van der Waals surface area contributed by atoms with E-state index in [0.717, 1.165) is 4.57 Å². The smallest absolute Gasteiger partial charge is 0.404 e. The van der Waals surface area contributed by atoms with Gasteiger partial charge in [-0.3, -0.25) is 13.6 Å². The number of rotatable bonds is 4. The second kappa shape index (κ2) is 7.18. The van der Waals surface area contributed by atoms with Crippen LogP contribution >= 0.6 is 7.82 Å². The molecule has 2 aromatic rings. The van der Waals surface area contributed by atoms with Crippen molar-refractivity contribution >= 4 is 13.6 Å². The van der Waals surface area contributed by atoms with Crippen LogP contribution in [0.5, 0.6) is 5.75 Å². The van der Waals surface area contributed by atoms with Gasteiger partial charge in [-0.05, 0) is 30.7 Å². The highest BCUT2D eigenvalue weighted by molar-refractivity contribution is 7.49. The van der Waals surface area contributed by atoms with Gasteiger partial charge in [0.25, 0.3) is 0 Å². The standard InChI is InChI=1S/C16H17N6O6P/c1-16(20-21-18)13-11(26-14(16)22-8-7-12(17)19-15(22)23)9-25-29(24,28-13)27-10-5-3-2-4-6-10/h2-8,11,13-14H,9H2,1H3,(H2,17,19,23)/t11-,13-,14?,16-,29?/m1/s1. The number of nitrogen functional groups attached to an aromatic ring is 1. The Balaban J connectivity index is 1.68. The summed E-state index contributed by atoms with van der Waals surface area (Å²) in [6.07, 6.45) is -1.47. The molecule has 0 bridgehead atoms. The molecule has 2 aliphatic heterocycles. The van der Waals surface area contributed by atoms with E-state index in [2.05, 4.69) is 15.0 Å². The molecule has 12 nitrogen and oxygen atoms in total. The van der Waals surface area contributed by atoms with Crippen LogP contribution in [0.25, 0.3) is 10.4 Å². The summed E-state index contributed by atoms with van der Waals surface area (Å²) in [7, 11) is -4.03. The predicted octanol–water partition coefficient (Wildman–Crippen LogP) is 2.39. The van der Waals surface area contributed by atoms with Crippen molar-refractivity contribution in [3.05, 3.63) is 63.5 Å². The van der Waals surface area contributed by atoms with E-state index in [4.69, 9.17) is 29.6 Å². The third-order valence-electron chi connectivity index (χ3n) is 4.68. The number of nitrogens with two attached hydrogens (primary N) is 1. The molecule has 5 atom stereocenters. The Bertz CT molecular complexity index is 1070. The fraction of sp³-hybridized carbons (Fsp3) is 0.375. The zero-order chi connectivity index (χ0) is 20.6. The van der Waals surface area contributed by atoms with Crippen molar-refractivity contribution in [2.75, 3.05) is 12.3 Å². The van der Waals surface area contributed by atoms with Gasteiger partial charge in [0.1, 0.15) is 29.3 Å². The Kier molecular flexibility index (Phi) is 4.81. The summed E-state index contributed by atoms with van der Waals surface area (Å²) in [6.45, 7) is 1.38. The van der Waals surface area contributed by atoms with Gasteiger partial charge in [-0.1, -0.05) is 23.3 Å². The van der Waals surface area contributed by atoms with E-state index >= 15 is 0 Å². The topological polar surface area (TPSA) is 164 Å². The molecule has 1 aromatic carbocycles. The monoisotopic (exact) mass is 420 g/mol. The van der Waals surface area contributed by atoms with Crippen LogP contribution in [0.4, 0.5) is 5.82 Å². The Morgan fingerprint density at radius 1 is 1.41 bits per heavy atom. The molecule has 1 aromatic heterocycles. The summed E-state index contributed by atoms with van der Waals surface area (Å²) in [5.74, 6) is 0.321. The molecule has 2 unspecified atom stereocenters. The minimum Gasteiger partial charge on any atom is -0.404 e. The van der Waals surface area contributed by atoms with E-state index in [9.17, 15) is 9.36 Å². The van der Waals surface area contributed by atoms with Gasteiger partial charge in [-0.25, -0.2) is 9.36 Å². The molecule has 0 spiro atoms. The second-order valence-electron chi connectivity index (χ2n) is 6.66. The van der Waals surface area contributed by atoms with Crippen molar-refractivity contribution in [1.82, 2.24) is 9.55 Å². The van der Waals surface area contributed by atoms with E-state index in [1.165, 1.54) is 19.2 Å². The molecule has 0 aliphatic carbocycles. The molecule has 2 saturated heterocycles. The van der Waals surface area contributed by atoms with Crippen molar-refractivity contribution in [1.29, 1.82) is 0 Å². The number of ether oxygens (including phenoxy) is 1. The normalized spacial score (nSPS) is 33.5. The number of hydrogen-bond acceptors (Lipinski definition) is 9. The van der Waals surface area contributed by atoms with Crippen LogP contribution in [0.1, 0.15) is 13.2 Å². The van der Waals surface area contributed by atoms with E-state index in [1.54, 1.807) is 30.3 Å². The molecule has 29 heavy (non-hydrogen) atoms. The van der Waals surface area contributed by atoms with Gasteiger partial charge in [0.05, 0.1) is 6.61 Å². The molecule has 0 radical (unpaired) electrons. The quantitative estimate of drug-likeness (QED) is 0.341. The highest BCUT2D eigenvalue weighted by Gasteiger charge is 2.61. The summed E-state index contributed by atoms with van der Waals surface area (Å²) in [4.78, 5) is 18.8. The maximum atomic E-state index is 13.0. The molecule has 2 fully saturated rings. The SMILES string of the molecule is C[C@]1(N=[N+]=[N-])C(n2ccc(N)nc2=O)O[C@@H]2COP(=O)(Oc3ccccc3)O[C@H]21. The average molecular weight is 420 g/mol. The number of nitrogens with zero attached hydrogens (tertiary/aromatic N) is 5. The summed E-state index contributed by atoms with van der Waals surface area (Å²) < 4.78 is 36.4. The minimum atomic E-state index is -4.03. The molecule has 0 saturated carbocycles. The Hall–Kier alpha value is -2.88. The van der Waals surface area contributed by atoms with E-state index in [-0.39, 0.29) is 18.2 Å². The Labute approximate surface area is 164 Å². The van der Waals surface area contributed by atoms with Gasteiger partial charge < -0.3 is 15.0 Å². The molecular weight excluding hydrogens is 403 g/mol. The third kappa shape index (κ3) is 3.48. The summed E-state index contributed by atoms with van der Waals surface area (Å²) >= 11 is 0. The fourth-order valence-corrected chi connectivity index (χ4v) is 4.83. The Morgan fingerprint density at radius 2 is 2.17 bits per heavy atom. The predicted molar refractivity (Wildman–Crippen MR) is 99.9 cm³/mol. The highest BCUT2D eigenvalue weighted by atomic mass is 31.2. The van der Waals surface area contributed by atoms with Crippen LogP contribution in [-0.2, 0) is 18.3 Å². The first-order valence-electron chi connectivity index (χ1n) is 8.59. The lowest BCUT2D eigenvalue weighted by atomic mass is 9.93. The summed E-state index contributed by atoms with van der Waals surface area (Å²) in [5, 5.41) is 3.81. The molecule has 152 valence electrons. The number of aromatic nitrogens is 2. The maximum Gasteiger partial charge on any atom is 0.530 e. The Morgan fingerprint density at radius 3 is 2.86 bits per heavy atom. The second-order valence-corrected chi connectivity index (χ2v) is 8.20. The van der Waals surface area contributed by atoms with Gasteiger partial charge in [-0.15, -0.1) is 0 Å². The van der Waals surface area contributed by atoms with Crippen molar-refractivity contribution < 1.29 is 22.9 Å². The molecule has 2 N–H and O–H groups in total. The van der Waals surface area contributed by atoms with Crippen molar-refractivity contribution in [3.8, 4) is 5.75 Å². The molecular formula is C16H17N6O6P. The van der Waals surface area contributed by atoms with Gasteiger partial charge in [0, 0.05) is 11.1 Å². The number of hydrogen-bond donors (Lipinski definition) is 1. The average Bonchev–Trinajstić information content (AvgIpc) is 2.94. The molecule has 13 heteroatoms. The van der Waals surface area contributed by atoms with Crippen molar-refractivity contribution in [3.63, 3.8) is 0 Å². The molecule has 3 heterocycles. The van der Waals surface area contributed by atoms with Crippen molar-refractivity contribution in [2.45, 2.75) is 30.9 Å². The number of phosphoric acid groups is 1. The van der Waals surface area contributed by atoms with Crippen LogP contribution in [-0.4, -0.2) is 33.9 Å². The lowest BCUT2D eigenvalue weighted by molar-refractivity contribution is -0.0668. The largest absolute Gasteiger partial charge is 0.530 e. The number of anilines is 1. The number of fused-ring (bicyclic) bond motifs is 1. The summed E-state index contributed by atoms with van der Waals surface area (Å²) in [5.41, 5.74) is 12.5. The lowest BCUT2D eigenvalue weighted by Crippen LogP contribution is -2.47. The van der Waals surface area contributed by atoms with Crippen LogP contribution < -0.4 is 15.9 Å². The maximum absolute atomic E-state index is 13.0. The number of para-hydroxylation sites is 1. The highest BCUT2D eigenvalue weighted by Crippen LogP contribution is 2.59. The first-order valence-corrected chi connectivity index (χ1v) is 10.0.